The van der Waals surface area contributed by atoms with Gasteiger partial charge in [-0.2, -0.15) is 0 Å². The zero-order valence-corrected chi connectivity index (χ0v) is 14.7. The maximum atomic E-state index is 4.76. The van der Waals surface area contributed by atoms with E-state index in [9.17, 15) is 0 Å². The second kappa shape index (κ2) is 4.78. The minimum atomic E-state index is -1.23. The highest BCUT2D eigenvalue weighted by molar-refractivity contribution is 7.33. The summed E-state index contributed by atoms with van der Waals surface area (Å²) in [5.74, 6) is 0. The predicted molar refractivity (Wildman–Crippen MR) is 77.6 cm³/mol. The molecule has 0 radical (unpaired) electrons. The molecule has 0 heterocycles. The van der Waals surface area contributed by atoms with Crippen LogP contribution in [0.5, 0.6) is 0 Å². The van der Waals surface area contributed by atoms with Crippen LogP contribution in [0.4, 0.5) is 0 Å². The van der Waals surface area contributed by atoms with Gasteiger partial charge in [0.1, 0.15) is 16.5 Å². The van der Waals surface area contributed by atoms with E-state index in [2.05, 4.69) is 64.1 Å². The van der Waals surface area contributed by atoms with E-state index in [4.69, 9.17) is 4.74 Å². The van der Waals surface area contributed by atoms with Gasteiger partial charge in [0.25, 0.3) is 0 Å². The predicted octanol–water partition coefficient (Wildman–Crippen LogP) is 4.80. The van der Waals surface area contributed by atoms with Crippen molar-refractivity contribution >= 4 is 25.0 Å². The molecule has 0 rings (SSSR count). The molecule has 0 aliphatic carbocycles. The molecule has 0 aliphatic rings. The molecular weight excluding hydrogens is 235 g/mol. The third-order valence-corrected chi connectivity index (χ3v) is 13.3. The monoisotopic (exact) mass is 262 g/mol. The Bertz CT molecular complexity index is 219. The molecule has 0 aromatic heterocycles. The average Bonchev–Trinajstić information content (AvgIpc) is 1.75. The van der Waals surface area contributed by atoms with Gasteiger partial charge in [-0.05, 0) is 20.8 Å². The van der Waals surface area contributed by atoms with Gasteiger partial charge >= 0.3 is 0 Å². The van der Waals surface area contributed by atoms with E-state index < -0.39 is 16.5 Å². The summed E-state index contributed by atoms with van der Waals surface area (Å²) in [5.41, 5.74) is 0.0824. The Labute approximate surface area is 99.6 Å². The molecule has 0 amide bonds. The van der Waals surface area contributed by atoms with Crippen LogP contribution in [0.15, 0.2) is 4.74 Å². The highest BCUT2D eigenvalue weighted by Gasteiger charge is 2.34. The van der Waals surface area contributed by atoms with Crippen LogP contribution >= 0.6 is 8.52 Å². The Morgan fingerprint density at radius 1 is 0.867 bits per heavy atom. The average molecular weight is 262 g/mol. The zero-order valence-electron chi connectivity index (χ0n) is 11.8. The Balaban J connectivity index is 4.94. The van der Waals surface area contributed by atoms with E-state index in [1.807, 2.05) is 0 Å². The molecule has 0 atom stereocenters. The summed E-state index contributed by atoms with van der Waals surface area (Å²) in [6, 6.07) is 0. The van der Waals surface area contributed by atoms with Gasteiger partial charge in [-0.1, -0.05) is 39.3 Å². The van der Waals surface area contributed by atoms with Gasteiger partial charge in [-0.15, -0.1) is 0 Å². The highest BCUT2D eigenvalue weighted by Crippen LogP contribution is 2.30. The summed E-state index contributed by atoms with van der Waals surface area (Å²) in [6.07, 6.45) is 0. The van der Waals surface area contributed by atoms with Gasteiger partial charge in [0.15, 0.2) is 0 Å². The van der Waals surface area contributed by atoms with E-state index in [0.29, 0.717) is 0 Å². The van der Waals surface area contributed by atoms with Crippen molar-refractivity contribution in [2.24, 2.45) is 4.74 Å². The molecule has 2 nitrogen and oxygen atoms in total. The van der Waals surface area contributed by atoms with E-state index in [-0.39, 0.29) is 5.54 Å². The first-order valence-electron chi connectivity index (χ1n) is 5.57. The molecule has 0 aromatic rings. The molecule has 0 saturated carbocycles. The molecule has 0 unspecified atom stereocenters. The maximum absolute atomic E-state index is 4.76. The second-order valence-electron chi connectivity index (χ2n) is 7.01. The van der Waals surface area contributed by atoms with Gasteiger partial charge < -0.3 is 0 Å². The van der Waals surface area contributed by atoms with Crippen molar-refractivity contribution in [2.75, 3.05) is 0 Å². The first-order chi connectivity index (χ1) is 6.34. The third kappa shape index (κ3) is 6.61. The first kappa shape index (κ1) is 15.5. The zero-order chi connectivity index (χ0) is 12.5. The Hall–Kier alpha value is 0.494. The van der Waals surface area contributed by atoms with Crippen molar-refractivity contribution in [1.82, 2.24) is 4.00 Å². The van der Waals surface area contributed by atoms with E-state index in [0.717, 1.165) is 0 Å². The largest absolute Gasteiger partial charge is 0.285 e. The van der Waals surface area contributed by atoms with Crippen LogP contribution in [-0.2, 0) is 0 Å². The summed E-state index contributed by atoms with van der Waals surface area (Å²) >= 11 is 0. The fraction of sp³-hybridized carbons (Fsp3) is 1.00. The van der Waals surface area contributed by atoms with Gasteiger partial charge in [-0.25, -0.2) is 4.74 Å². The van der Waals surface area contributed by atoms with Crippen LogP contribution in [-0.4, -0.2) is 26.0 Å². The first-order valence-corrected chi connectivity index (χ1v) is 13.3. The molecule has 0 spiro atoms. The lowest BCUT2D eigenvalue weighted by Gasteiger charge is -2.39. The minimum absolute atomic E-state index is 0.0824. The number of hydrogen-bond donors (Lipinski definition) is 0. The summed E-state index contributed by atoms with van der Waals surface area (Å²) in [7, 11) is -1.27. The SMILES string of the molecule is CC(C)(C)N=PN([Si](C)(C)C)[Si](C)(C)C. The van der Waals surface area contributed by atoms with E-state index in [1.54, 1.807) is 0 Å². The molecule has 15 heavy (non-hydrogen) atoms. The summed E-state index contributed by atoms with van der Waals surface area (Å²) in [4.78, 5) is 0. The van der Waals surface area contributed by atoms with Gasteiger partial charge in [0.2, 0.25) is 0 Å². The van der Waals surface area contributed by atoms with Gasteiger partial charge in [0.05, 0.1) is 14.1 Å². The van der Waals surface area contributed by atoms with Crippen molar-refractivity contribution in [2.45, 2.75) is 65.6 Å². The van der Waals surface area contributed by atoms with Crippen molar-refractivity contribution in [3.63, 3.8) is 0 Å². The molecule has 0 fully saturated rings. The Morgan fingerprint density at radius 3 is 1.40 bits per heavy atom. The van der Waals surface area contributed by atoms with Crippen molar-refractivity contribution in [3.8, 4) is 0 Å². The molecule has 0 bridgehead atoms. The summed E-state index contributed by atoms with van der Waals surface area (Å²) < 4.78 is 7.44. The van der Waals surface area contributed by atoms with E-state index >= 15 is 0 Å². The van der Waals surface area contributed by atoms with Crippen LogP contribution in [0.25, 0.3) is 0 Å². The number of nitrogens with zero attached hydrogens (tertiary/aromatic N) is 2. The van der Waals surface area contributed by atoms with Crippen LogP contribution in [0.3, 0.4) is 0 Å². The second-order valence-corrected chi connectivity index (χ2v) is 18.6. The fourth-order valence-corrected chi connectivity index (χ4v) is 12.3. The van der Waals surface area contributed by atoms with Gasteiger partial charge in [0, 0.05) is 0 Å². The molecular formula is C10H27N2PSi2. The van der Waals surface area contributed by atoms with Crippen molar-refractivity contribution < 1.29 is 0 Å². The summed E-state index contributed by atoms with van der Waals surface area (Å²) in [5, 5.41) is 0. The van der Waals surface area contributed by atoms with Gasteiger partial charge in [-0.3, -0.25) is 4.00 Å². The van der Waals surface area contributed by atoms with Crippen LogP contribution in [0, 0.1) is 0 Å². The number of hydrogen-bond acceptors (Lipinski definition) is 1. The quantitative estimate of drug-likeness (QED) is 0.527. The molecule has 0 aromatic carbocycles. The Kier molecular flexibility index (Phi) is 4.94. The highest BCUT2D eigenvalue weighted by atomic mass is 31.1. The maximum Gasteiger partial charge on any atom is 0.122 e. The normalized spacial score (nSPS) is 15.3. The standard InChI is InChI=1S/C10H27N2PSi2/c1-10(2,3)11-13-12(14(4,5)6)15(7,8)9/h1-9H3. The lowest BCUT2D eigenvalue weighted by molar-refractivity contribution is 0.590. The lowest BCUT2D eigenvalue weighted by Crippen LogP contribution is -2.53. The summed E-state index contributed by atoms with van der Waals surface area (Å²) in [6.45, 7) is 21.0. The number of rotatable bonds is 3. The van der Waals surface area contributed by atoms with Crippen LogP contribution < -0.4 is 0 Å². The minimum Gasteiger partial charge on any atom is -0.285 e. The van der Waals surface area contributed by atoms with Crippen LogP contribution in [0.1, 0.15) is 20.8 Å². The topological polar surface area (TPSA) is 15.6 Å². The van der Waals surface area contributed by atoms with Crippen molar-refractivity contribution in [1.29, 1.82) is 0 Å². The molecule has 0 N–H and O–H groups in total. The Morgan fingerprint density at radius 2 is 1.20 bits per heavy atom. The molecule has 90 valence electrons. The third-order valence-electron chi connectivity index (χ3n) is 1.70. The van der Waals surface area contributed by atoms with Crippen molar-refractivity contribution in [3.05, 3.63) is 0 Å². The lowest BCUT2D eigenvalue weighted by atomic mass is 10.1. The van der Waals surface area contributed by atoms with Crippen LogP contribution in [0.2, 0.25) is 39.3 Å². The molecule has 5 heteroatoms. The van der Waals surface area contributed by atoms with E-state index in [1.165, 1.54) is 8.52 Å². The molecule has 0 saturated heterocycles. The smallest absolute Gasteiger partial charge is 0.122 e. The fourth-order valence-electron chi connectivity index (χ4n) is 1.45. The molecule has 0 aliphatic heterocycles.